The molecule has 4 nitrogen and oxygen atoms in total. The molecule has 1 N–H and O–H groups in total. The second kappa shape index (κ2) is 5.43. The van der Waals surface area contributed by atoms with Crippen molar-refractivity contribution in [2.24, 2.45) is 5.92 Å². The summed E-state index contributed by atoms with van der Waals surface area (Å²) in [6.45, 7) is 0. The lowest BCUT2D eigenvalue weighted by Gasteiger charge is -2.42. The van der Waals surface area contributed by atoms with Crippen molar-refractivity contribution < 1.29 is 9.59 Å². The first-order valence-corrected chi connectivity index (χ1v) is 7.36. The fourth-order valence-corrected chi connectivity index (χ4v) is 3.18. The highest BCUT2D eigenvalue weighted by Crippen LogP contribution is 2.38. The minimum absolute atomic E-state index is 0.0123. The third-order valence-corrected chi connectivity index (χ3v) is 4.44. The number of allylic oxidation sites excluding steroid dienone is 2. The van der Waals surface area contributed by atoms with Crippen LogP contribution in [0, 0.1) is 17.2 Å². The van der Waals surface area contributed by atoms with E-state index in [0.717, 1.165) is 0 Å². The SMILES string of the molecule is N#Cc1ccc(NC23C=CC=CC2C(=O)C(Cl)CC3=O)cc1. The smallest absolute Gasteiger partial charge is 0.165 e. The highest BCUT2D eigenvalue weighted by Gasteiger charge is 2.52. The normalized spacial score (nSPS) is 29.8. The summed E-state index contributed by atoms with van der Waals surface area (Å²) in [5.41, 5.74) is 0.120. The summed E-state index contributed by atoms with van der Waals surface area (Å²) in [6.07, 6.45) is 6.96. The zero-order valence-electron chi connectivity index (χ0n) is 11.6. The standard InChI is InChI=1S/C17H13ClN2O2/c18-14-9-15(21)17(8-2-1-3-13(17)16(14)22)20-12-6-4-11(10-19)5-7-12/h1-8,13-14,20H,9H2. The van der Waals surface area contributed by atoms with Gasteiger partial charge in [0.25, 0.3) is 0 Å². The number of nitriles is 1. The number of nitrogens with one attached hydrogen (secondary N) is 1. The zero-order chi connectivity index (χ0) is 15.7. The Morgan fingerprint density at radius 3 is 2.64 bits per heavy atom. The van der Waals surface area contributed by atoms with E-state index >= 15 is 0 Å². The molecule has 1 aromatic rings. The Hall–Kier alpha value is -2.38. The number of hydrogen-bond donors (Lipinski definition) is 1. The number of halogens is 1. The van der Waals surface area contributed by atoms with Gasteiger partial charge in [-0.2, -0.15) is 5.26 Å². The molecule has 0 aliphatic heterocycles. The van der Waals surface area contributed by atoms with E-state index in [4.69, 9.17) is 16.9 Å². The van der Waals surface area contributed by atoms with Gasteiger partial charge in [-0.1, -0.05) is 24.3 Å². The van der Waals surface area contributed by atoms with Crippen LogP contribution in [0.15, 0.2) is 48.6 Å². The van der Waals surface area contributed by atoms with Crippen LogP contribution in [-0.2, 0) is 9.59 Å². The van der Waals surface area contributed by atoms with E-state index in [9.17, 15) is 9.59 Å². The number of rotatable bonds is 2. The number of benzene rings is 1. The summed E-state index contributed by atoms with van der Waals surface area (Å²) >= 11 is 5.99. The molecule has 1 saturated carbocycles. The van der Waals surface area contributed by atoms with Crippen molar-refractivity contribution in [2.75, 3.05) is 5.32 Å². The van der Waals surface area contributed by atoms with Crippen LogP contribution < -0.4 is 5.32 Å². The summed E-state index contributed by atoms with van der Waals surface area (Å²) in [7, 11) is 0. The van der Waals surface area contributed by atoms with Gasteiger partial charge in [-0.3, -0.25) is 9.59 Å². The second-order valence-electron chi connectivity index (χ2n) is 5.40. The fourth-order valence-electron chi connectivity index (χ4n) is 2.91. The fraction of sp³-hybridized carbons (Fsp3) is 0.235. The van der Waals surface area contributed by atoms with E-state index in [-0.39, 0.29) is 18.0 Å². The summed E-state index contributed by atoms with van der Waals surface area (Å²) in [5.74, 6) is -0.873. The van der Waals surface area contributed by atoms with Crippen LogP contribution in [0.3, 0.4) is 0 Å². The van der Waals surface area contributed by atoms with Gasteiger partial charge in [-0.15, -0.1) is 11.6 Å². The van der Waals surface area contributed by atoms with E-state index in [2.05, 4.69) is 5.32 Å². The van der Waals surface area contributed by atoms with Gasteiger partial charge in [0.1, 0.15) is 5.54 Å². The van der Waals surface area contributed by atoms with E-state index in [0.29, 0.717) is 11.3 Å². The molecule has 5 heteroatoms. The summed E-state index contributed by atoms with van der Waals surface area (Å²) in [4.78, 5) is 24.9. The van der Waals surface area contributed by atoms with Crippen molar-refractivity contribution in [1.82, 2.24) is 0 Å². The van der Waals surface area contributed by atoms with Crippen LogP contribution in [0.25, 0.3) is 0 Å². The van der Waals surface area contributed by atoms with E-state index < -0.39 is 16.8 Å². The van der Waals surface area contributed by atoms with Crippen LogP contribution in [0.4, 0.5) is 5.69 Å². The summed E-state index contributed by atoms with van der Waals surface area (Å²) < 4.78 is 0. The minimum Gasteiger partial charge on any atom is -0.369 e. The molecule has 3 unspecified atom stereocenters. The number of fused-ring (bicyclic) bond motifs is 1. The molecule has 1 fully saturated rings. The molecule has 0 saturated heterocycles. The average Bonchev–Trinajstić information content (AvgIpc) is 2.54. The first kappa shape index (κ1) is 14.6. The Bertz CT molecular complexity index is 730. The highest BCUT2D eigenvalue weighted by atomic mass is 35.5. The molecule has 3 rings (SSSR count). The van der Waals surface area contributed by atoms with Gasteiger partial charge >= 0.3 is 0 Å². The molecule has 0 heterocycles. The van der Waals surface area contributed by atoms with Gasteiger partial charge in [-0.25, -0.2) is 0 Å². The van der Waals surface area contributed by atoms with Gasteiger partial charge in [-0.05, 0) is 24.3 Å². The molecule has 2 aliphatic rings. The molecule has 0 aromatic heterocycles. The summed E-state index contributed by atoms with van der Waals surface area (Å²) in [5, 5.41) is 11.2. The molecule has 110 valence electrons. The topological polar surface area (TPSA) is 70.0 Å². The number of anilines is 1. The van der Waals surface area contributed by atoms with E-state index in [1.807, 2.05) is 6.07 Å². The number of carbonyl (C=O) groups is 2. The van der Waals surface area contributed by atoms with Crippen molar-refractivity contribution in [3.63, 3.8) is 0 Å². The van der Waals surface area contributed by atoms with Gasteiger partial charge in [0.05, 0.1) is 22.9 Å². The monoisotopic (exact) mass is 312 g/mol. The first-order chi connectivity index (χ1) is 10.6. The lowest BCUT2D eigenvalue weighted by molar-refractivity contribution is -0.134. The number of Topliss-reactive ketones (excluding diaryl/α,β-unsaturated/α-hetero) is 2. The van der Waals surface area contributed by atoms with Crippen LogP contribution in [0.2, 0.25) is 0 Å². The molecule has 0 bridgehead atoms. The van der Waals surface area contributed by atoms with E-state index in [1.54, 1.807) is 48.6 Å². The van der Waals surface area contributed by atoms with Crippen molar-refractivity contribution in [2.45, 2.75) is 17.3 Å². The zero-order valence-corrected chi connectivity index (χ0v) is 12.4. The van der Waals surface area contributed by atoms with Gasteiger partial charge < -0.3 is 5.32 Å². The van der Waals surface area contributed by atoms with Crippen molar-refractivity contribution in [1.29, 1.82) is 5.26 Å². The number of ketones is 2. The Balaban J connectivity index is 1.98. The van der Waals surface area contributed by atoms with Gasteiger partial charge in [0.15, 0.2) is 11.6 Å². The van der Waals surface area contributed by atoms with Crippen molar-refractivity contribution >= 4 is 28.9 Å². The molecule has 2 aliphatic carbocycles. The highest BCUT2D eigenvalue weighted by molar-refractivity contribution is 6.35. The van der Waals surface area contributed by atoms with E-state index in [1.165, 1.54) is 0 Å². The molecule has 0 spiro atoms. The van der Waals surface area contributed by atoms with Gasteiger partial charge in [0, 0.05) is 12.1 Å². The molecule has 0 radical (unpaired) electrons. The molecular formula is C17H13ClN2O2. The average molecular weight is 313 g/mol. The molecule has 22 heavy (non-hydrogen) atoms. The van der Waals surface area contributed by atoms with Crippen molar-refractivity contribution in [3.8, 4) is 6.07 Å². The maximum Gasteiger partial charge on any atom is 0.165 e. The number of alkyl halides is 1. The minimum atomic E-state index is -1.09. The summed E-state index contributed by atoms with van der Waals surface area (Å²) in [6, 6.07) is 8.81. The van der Waals surface area contributed by atoms with Crippen LogP contribution in [0.1, 0.15) is 12.0 Å². The Kier molecular flexibility index (Phi) is 3.59. The lowest BCUT2D eigenvalue weighted by atomic mass is 9.68. The predicted molar refractivity (Wildman–Crippen MR) is 83.6 cm³/mol. The number of hydrogen-bond acceptors (Lipinski definition) is 4. The molecule has 1 aromatic carbocycles. The predicted octanol–water partition coefficient (Wildman–Crippen LogP) is 2.60. The third-order valence-electron chi connectivity index (χ3n) is 4.07. The largest absolute Gasteiger partial charge is 0.369 e. The number of carbonyl (C=O) groups excluding carboxylic acids is 2. The second-order valence-corrected chi connectivity index (χ2v) is 5.93. The first-order valence-electron chi connectivity index (χ1n) is 6.92. The lowest BCUT2D eigenvalue weighted by Crippen LogP contribution is -2.59. The molecule has 3 atom stereocenters. The van der Waals surface area contributed by atoms with Crippen LogP contribution >= 0.6 is 11.6 Å². The number of nitrogens with zero attached hydrogens (tertiary/aromatic N) is 1. The molecular weight excluding hydrogens is 300 g/mol. The maximum atomic E-state index is 12.6. The quantitative estimate of drug-likeness (QED) is 0.852. The van der Waals surface area contributed by atoms with Crippen LogP contribution in [-0.4, -0.2) is 22.5 Å². The Morgan fingerprint density at radius 1 is 1.23 bits per heavy atom. The van der Waals surface area contributed by atoms with Crippen molar-refractivity contribution in [3.05, 3.63) is 54.1 Å². The Labute approximate surface area is 133 Å². The maximum absolute atomic E-state index is 12.6. The molecule has 0 amide bonds. The third kappa shape index (κ3) is 2.24. The Morgan fingerprint density at radius 2 is 1.95 bits per heavy atom. The van der Waals surface area contributed by atoms with Crippen LogP contribution in [0.5, 0.6) is 0 Å². The van der Waals surface area contributed by atoms with Gasteiger partial charge in [0.2, 0.25) is 0 Å².